The van der Waals surface area contributed by atoms with Gasteiger partial charge in [-0.15, -0.1) is 11.8 Å². The van der Waals surface area contributed by atoms with E-state index in [1.165, 1.54) is 16.7 Å². The maximum Gasteiger partial charge on any atom is 0.420 e. The molecule has 1 heterocycles. The highest BCUT2D eigenvalue weighted by molar-refractivity contribution is 7.99. The summed E-state index contributed by atoms with van der Waals surface area (Å²) in [5, 5.41) is 11.1. The van der Waals surface area contributed by atoms with Crippen molar-refractivity contribution in [2.75, 3.05) is 5.88 Å². The van der Waals surface area contributed by atoms with Gasteiger partial charge in [-0.3, -0.25) is 0 Å². The van der Waals surface area contributed by atoms with Crippen LogP contribution in [-0.4, -0.2) is 50.3 Å². The fraction of sp³-hybridized carbons (Fsp3) is 0.529. The molecule has 1 saturated heterocycles. The van der Waals surface area contributed by atoms with Gasteiger partial charge >= 0.3 is 12.1 Å². The SMILES string of the molecule is CC(C)(C)OC(=O)N1C(=O)N(CSc2ccc(Cl)cc2)C(C)(C)C1O. The standard InChI is InChI=1S/C17H23ClN2O4S/c1-16(2,3)24-15(23)20-13(21)17(4,5)19(14(20)22)10-25-12-8-6-11(18)7-9-12/h6-9,13,21H,10H2,1-5H3. The molecular formula is C17H23ClN2O4S. The van der Waals surface area contributed by atoms with Gasteiger partial charge in [0.1, 0.15) is 5.60 Å². The van der Waals surface area contributed by atoms with Crippen molar-refractivity contribution in [1.82, 2.24) is 9.80 Å². The summed E-state index contributed by atoms with van der Waals surface area (Å²) in [6, 6.07) is 6.66. The number of urea groups is 1. The van der Waals surface area contributed by atoms with E-state index in [1.807, 2.05) is 12.1 Å². The van der Waals surface area contributed by atoms with Crippen molar-refractivity contribution in [1.29, 1.82) is 0 Å². The van der Waals surface area contributed by atoms with Gasteiger partial charge in [-0.2, -0.15) is 4.90 Å². The minimum absolute atomic E-state index is 0.282. The maximum absolute atomic E-state index is 12.7. The summed E-state index contributed by atoms with van der Waals surface area (Å²) >= 11 is 7.29. The van der Waals surface area contributed by atoms with Gasteiger partial charge in [0.2, 0.25) is 0 Å². The van der Waals surface area contributed by atoms with E-state index in [0.717, 1.165) is 9.80 Å². The third-order valence-corrected chi connectivity index (χ3v) is 5.02. The lowest BCUT2D eigenvalue weighted by atomic mass is 10.0. The topological polar surface area (TPSA) is 70.1 Å². The molecule has 0 radical (unpaired) electrons. The first-order valence-electron chi connectivity index (χ1n) is 7.84. The summed E-state index contributed by atoms with van der Waals surface area (Å²) in [7, 11) is 0. The van der Waals surface area contributed by atoms with Crippen LogP contribution in [0.5, 0.6) is 0 Å². The molecule has 0 saturated carbocycles. The van der Waals surface area contributed by atoms with Crippen molar-refractivity contribution < 1.29 is 19.4 Å². The van der Waals surface area contributed by atoms with Gasteiger partial charge < -0.3 is 14.7 Å². The third-order valence-electron chi connectivity index (χ3n) is 3.77. The first kappa shape index (κ1) is 19.9. The smallest absolute Gasteiger partial charge is 0.420 e. The predicted octanol–water partition coefficient (Wildman–Crippen LogP) is 4.16. The van der Waals surface area contributed by atoms with Crippen LogP contribution in [-0.2, 0) is 4.74 Å². The second kappa shape index (κ2) is 7.05. The van der Waals surface area contributed by atoms with Crippen molar-refractivity contribution in [3.05, 3.63) is 29.3 Å². The minimum Gasteiger partial charge on any atom is -0.443 e. The Labute approximate surface area is 157 Å². The molecule has 1 N–H and O–H groups in total. The van der Waals surface area contributed by atoms with Crippen molar-refractivity contribution >= 4 is 35.5 Å². The number of ether oxygens (including phenoxy) is 1. The highest BCUT2D eigenvalue weighted by Crippen LogP contribution is 2.35. The molecule has 1 unspecified atom stereocenters. The molecule has 0 aromatic heterocycles. The highest BCUT2D eigenvalue weighted by Gasteiger charge is 2.54. The van der Waals surface area contributed by atoms with Gasteiger partial charge in [-0.25, -0.2) is 9.59 Å². The molecule has 0 bridgehead atoms. The van der Waals surface area contributed by atoms with Crippen molar-refractivity contribution in [2.45, 2.75) is 56.9 Å². The summed E-state index contributed by atoms with van der Waals surface area (Å²) in [6.07, 6.45) is -2.14. The Kier molecular flexibility index (Phi) is 5.61. The molecule has 1 aromatic rings. The molecule has 3 amide bonds. The van der Waals surface area contributed by atoms with Crippen LogP contribution in [0.3, 0.4) is 0 Å². The van der Waals surface area contributed by atoms with Crippen LogP contribution in [0.1, 0.15) is 34.6 Å². The van der Waals surface area contributed by atoms with E-state index in [1.54, 1.807) is 46.8 Å². The van der Waals surface area contributed by atoms with Gasteiger partial charge in [0, 0.05) is 9.92 Å². The molecule has 25 heavy (non-hydrogen) atoms. The van der Waals surface area contributed by atoms with E-state index in [0.29, 0.717) is 5.02 Å². The number of benzene rings is 1. The van der Waals surface area contributed by atoms with E-state index in [-0.39, 0.29) is 5.88 Å². The van der Waals surface area contributed by atoms with Crippen molar-refractivity contribution in [3.8, 4) is 0 Å². The summed E-state index contributed by atoms with van der Waals surface area (Å²) in [5.74, 6) is 0.282. The van der Waals surface area contributed by atoms with Crippen LogP contribution in [0.15, 0.2) is 29.2 Å². The monoisotopic (exact) mass is 386 g/mol. The first-order valence-corrected chi connectivity index (χ1v) is 9.20. The molecule has 0 aliphatic carbocycles. The molecule has 1 aromatic carbocycles. The number of halogens is 1. The number of imide groups is 1. The van der Waals surface area contributed by atoms with E-state index < -0.39 is 29.5 Å². The molecule has 0 spiro atoms. The summed E-state index contributed by atoms with van der Waals surface area (Å²) in [4.78, 5) is 28.2. The zero-order valence-corrected chi connectivity index (χ0v) is 16.5. The molecule has 1 atom stereocenters. The number of aliphatic hydroxyl groups excluding tert-OH is 1. The van der Waals surface area contributed by atoms with Crippen LogP contribution < -0.4 is 0 Å². The lowest BCUT2D eigenvalue weighted by molar-refractivity contribution is -0.0249. The molecule has 1 aliphatic heterocycles. The van der Waals surface area contributed by atoms with Crippen molar-refractivity contribution in [3.63, 3.8) is 0 Å². The van der Waals surface area contributed by atoms with Gasteiger partial charge in [0.05, 0.1) is 11.4 Å². The summed E-state index contributed by atoms with van der Waals surface area (Å²) < 4.78 is 5.24. The van der Waals surface area contributed by atoms with Crippen LogP contribution in [0.4, 0.5) is 9.59 Å². The number of carbonyl (C=O) groups excluding carboxylic acids is 2. The highest BCUT2D eigenvalue weighted by atomic mass is 35.5. The Balaban J connectivity index is 2.14. The number of hydrogen-bond acceptors (Lipinski definition) is 5. The van der Waals surface area contributed by atoms with Gasteiger partial charge in [0.25, 0.3) is 0 Å². The van der Waals surface area contributed by atoms with E-state index in [9.17, 15) is 14.7 Å². The maximum atomic E-state index is 12.7. The zero-order chi connectivity index (χ0) is 19.0. The number of aliphatic hydroxyl groups is 1. The third kappa shape index (κ3) is 4.40. The average molecular weight is 387 g/mol. The number of hydrogen-bond donors (Lipinski definition) is 1. The molecule has 1 fully saturated rings. The van der Waals surface area contributed by atoms with Crippen LogP contribution >= 0.6 is 23.4 Å². The zero-order valence-electron chi connectivity index (χ0n) is 14.9. The van der Waals surface area contributed by atoms with Crippen molar-refractivity contribution in [2.24, 2.45) is 0 Å². The Hall–Kier alpha value is -1.44. The molecule has 1 aliphatic rings. The second-order valence-electron chi connectivity index (χ2n) is 7.32. The van der Waals surface area contributed by atoms with Gasteiger partial charge in [-0.1, -0.05) is 11.6 Å². The fourth-order valence-electron chi connectivity index (χ4n) is 2.32. The number of rotatable bonds is 3. The quantitative estimate of drug-likeness (QED) is 0.790. The van der Waals surface area contributed by atoms with Gasteiger partial charge in [0.15, 0.2) is 6.23 Å². The fourth-order valence-corrected chi connectivity index (χ4v) is 3.49. The first-order chi connectivity index (χ1) is 11.4. The number of amides is 3. The van der Waals surface area contributed by atoms with E-state index in [2.05, 4.69) is 0 Å². The van der Waals surface area contributed by atoms with Crippen LogP contribution in [0, 0.1) is 0 Å². The number of thioether (sulfide) groups is 1. The largest absolute Gasteiger partial charge is 0.443 e. The minimum atomic E-state index is -1.29. The lowest BCUT2D eigenvalue weighted by Crippen LogP contribution is -2.48. The molecule has 138 valence electrons. The number of carbonyl (C=O) groups is 2. The molecule has 6 nitrogen and oxygen atoms in total. The van der Waals surface area contributed by atoms with Crippen LogP contribution in [0.25, 0.3) is 0 Å². The normalized spacial score (nSPS) is 20.1. The lowest BCUT2D eigenvalue weighted by Gasteiger charge is -2.31. The average Bonchev–Trinajstić information content (AvgIpc) is 2.63. The van der Waals surface area contributed by atoms with Crippen LogP contribution in [0.2, 0.25) is 5.02 Å². The summed E-state index contributed by atoms with van der Waals surface area (Å²) in [6.45, 7) is 8.54. The van der Waals surface area contributed by atoms with E-state index in [4.69, 9.17) is 16.3 Å². The molecular weight excluding hydrogens is 364 g/mol. The Bertz CT molecular complexity index is 658. The molecule has 2 rings (SSSR count). The Morgan fingerprint density at radius 1 is 1.32 bits per heavy atom. The number of nitrogens with zero attached hydrogens (tertiary/aromatic N) is 2. The van der Waals surface area contributed by atoms with E-state index >= 15 is 0 Å². The predicted molar refractivity (Wildman–Crippen MR) is 97.6 cm³/mol. The molecule has 8 heteroatoms. The van der Waals surface area contributed by atoms with Gasteiger partial charge in [-0.05, 0) is 58.9 Å². The summed E-state index contributed by atoms with van der Waals surface area (Å²) in [5.41, 5.74) is -1.69. The second-order valence-corrected chi connectivity index (χ2v) is 8.77. The Morgan fingerprint density at radius 2 is 1.88 bits per heavy atom. The Morgan fingerprint density at radius 3 is 2.40 bits per heavy atom.